The van der Waals surface area contributed by atoms with Crippen molar-refractivity contribution < 1.29 is 8.42 Å². The molecule has 4 nitrogen and oxygen atoms in total. The van der Waals surface area contributed by atoms with Crippen LogP contribution >= 0.6 is 0 Å². The van der Waals surface area contributed by atoms with Crippen molar-refractivity contribution in [1.29, 1.82) is 0 Å². The lowest BCUT2D eigenvalue weighted by molar-refractivity contribution is 0.557. The zero-order valence-corrected chi connectivity index (χ0v) is 13.3. The summed E-state index contributed by atoms with van der Waals surface area (Å²) in [5, 5.41) is 3.32. The maximum atomic E-state index is 12.3. The number of aryl methyl sites for hydroxylation is 1. The maximum Gasteiger partial charge on any atom is 0.241 e. The predicted molar refractivity (Wildman–Crippen MR) is 81.1 cm³/mol. The van der Waals surface area contributed by atoms with E-state index in [9.17, 15) is 8.42 Å². The Kier molecular flexibility index (Phi) is 4.52. The molecule has 2 rings (SSSR count). The predicted octanol–water partition coefficient (Wildman–Crippen LogP) is 2.33. The molecule has 0 atom stereocenters. The van der Waals surface area contributed by atoms with Gasteiger partial charge in [0.1, 0.15) is 0 Å². The molecule has 1 saturated carbocycles. The van der Waals surface area contributed by atoms with Gasteiger partial charge in [-0.05, 0) is 62.9 Å². The molecule has 0 radical (unpaired) electrons. The average Bonchev–Trinajstić information content (AvgIpc) is 3.08. The van der Waals surface area contributed by atoms with Crippen molar-refractivity contribution in [2.45, 2.75) is 57.0 Å². The summed E-state index contributed by atoms with van der Waals surface area (Å²) in [7, 11) is -3.40. The van der Waals surface area contributed by atoms with Gasteiger partial charge in [-0.1, -0.05) is 13.0 Å². The Morgan fingerprint density at radius 3 is 2.60 bits per heavy atom. The van der Waals surface area contributed by atoms with Crippen LogP contribution in [0.5, 0.6) is 0 Å². The molecule has 0 heterocycles. The van der Waals surface area contributed by atoms with E-state index < -0.39 is 10.0 Å². The summed E-state index contributed by atoms with van der Waals surface area (Å²) >= 11 is 0. The Balaban J connectivity index is 2.17. The monoisotopic (exact) mass is 296 g/mol. The van der Waals surface area contributed by atoms with Gasteiger partial charge in [-0.15, -0.1) is 0 Å². The Morgan fingerprint density at radius 1 is 1.30 bits per heavy atom. The molecule has 1 aromatic rings. The van der Waals surface area contributed by atoms with E-state index in [2.05, 4.69) is 17.0 Å². The van der Waals surface area contributed by atoms with Crippen LogP contribution in [0.1, 0.15) is 44.2 Å². The third kappa shape index (κ3) is 3.81. The van der Waals surface area contributed by atoms with Gasteiger partial charge < -0.3 is 5.32 Å². The second kappa shape index (κ2) is 5.84. The van der Waals surface area contributed by atoms with E-state index in [-0.39, 0.29) is 5.54 Å². The fourth-order valence-corrected chi connectivity index (χ4v) is 3.59. The Hall–Kier alpha value is -0.910. The summed E-state index contributed by atoms with van der Waals surface area (Å²) < 4.78 is 27.5. The quantitative estimate of drug-likeness (QED) is 0.759. The highest BCUT2D eigenvalue weighted by molar-refractivity contribution is 7.89. The van der Waals surface area contributed by atoms with Crippen molar-refractivity contribution in [1.82, 2.24) is 10.0 Å². The first-order valence-electron chi connectivity index (χ1n) is 7.20. The smallest absolute Gasteiger partial charge is 0.241 e. The first kappa shape index (κ1) is 15.5. The van der Waals surface area contributed by atoms with Crippen LogP contribution in [0.2, 0.25) is 0 Å². The lowest BCUT2D eigenvalue weighted by Gasteiger charge is -2.14. The summed E-state index contributed by atoms with van der Waals surface area (Å²) in [6.07, 6.45) is 2.91. The van der Waals surface area contributed by atoms with Gasteiger partial charge in [-0.3, -0.25) is 0 Å². The van der Waals surface area contributed by atoms with Crippen LogP contribution in [-0.2, 0) is 16.6 Å². The van der Waals surface area contributed by atoms with E-state index in [0.29, 0.717) is 11.4 Å². The van der Waals surface area contributed by atoms with Gasteiger partial charge >= 0.3 is 0 Å². The van der Waals surface area contributed by atoms with Crippen LogP contribution in [0.4, 0.5) is 0 Å². The molecule has 5 heteroatoms. The molecule has 112 valence electrons. The van der Waals surface area contributed by atoms with Crippen molar-refractivity contribution in [3.63, 3.8) is 0 Å². The van der Waals surface area contributed by atoms with Gasteiger partial charge in [0.05, 0.1) is 4.90 Å². The van der Waals surface area contributed by atoms with Gasteiger partial charge in [-0.25, -0.2) is 13.1 Å². The third-order valence-electron chi connectivity index (χ3n) is 3.75. The molecular formula is C15H24N2O2S. The molecule has 1 aliphatic rings. The van der Waals surface area contributed by atoms with Crippen molar-refractivity contribution in [3.8, 4) is 0 Å². The third-order valence-corrected chi connectivity index (χ3v) is 5.39. The Bertz CT molecular complexity index is 578. The second-order valence-electron chi connectivity index (χ2n) is 5.93. The van der Waals surface area contributed by atoms with Gasteiger partial charge in [0.2, 0.25) is 10.0 Å². The van der Waals surface area contributed by atoms with Gasteiger partial charge in [0.15, 0.2) is 0 Å². The number of rotatable bonds is 7. The lowest BCUT2D eigenvalue weighted by Crippen LogP contribution is -2.34. The minimum absolute atomic E-state index is 0.232. The molecule has 0 aliphatic heterocycles. The molecular weight excluding hydrogens is 272 g/mol. The van der Waals surface area contributed by atoms with Crippen LogP contribution in [-0.4, -0.2) is 20.5 Å². The molecule has 0 aromatic heterocycles. The van der Waals surface area contributed by atoms with E-state index in [0.717, 1.165) is 36.9 Å². The molecule has 1 aromatic carbocycles. The van der Waals surface area contributed by atoms with Crippen molar-refractivity contribution in [2.24, 2.45) is 0 Å². The van der Waals surface area contributed by atoms with Gasteiger partial charge in [0, 0.05) is 12.1 Å². The SMILES string of the molecule is CCCNCc1cc(S(=O)(=O)NC2(C)CC2)ccc1C. The topological polar surface area (TPSA) is 58.2 Å². The summed E-state index contributed by atoms with van der Waals surface area (Å²) in [6.45, 7) is 7.71. The van der Waals surface area contributed by atoms with Crippen LogP contribution in [0.3, 0.4) is 0 Å². The van der Waals surface area contributed by atoms with Crippen LogP contribution in [0.15, 0.2) is 23.1 Å². The average molecular weight is 296 g/mol. The van der Waals surface area contributed by atoms with Crippen LogP contribution in [0, 0.1) is 6.92 Å². The van der Waals surface area contributed by atoms with Crippen molar-refractivity contribution >= 4 is 10.0 Å². The maximum absolute atomic E-state index is 12.3. The number of sulfonamides is 1. The largest absolute Gasteiger partial charge is 0.313 e. The standard InChI is InChI=1S/C15H24N2O2S/c1-4-9-16-11-13-10-14(6-5-12(13)2)20(18,19)17-15(3)7-8-15/h5-6,10,16-17H,4,7-9,11H2,1-3H3. The molecule has 0 unspecified atom stereocenters. The fourth-order valence-electron chi connectivity index (χ4n) is 2.08. The first-order chi connectivity index (χ1) is 9.36. The van der Waals surface area contributed by atoms with E-state index in [4.69, 9.17) is 0 Å². The number of benzene rings is 1. The van der Waals surface area contributed by atoms with E-state index in [1.165, 1.54) is 0 Å². The normalized spacial score (nSPS) is 17.1. The zero-order valence-electron chi connectivity index (χ0n) is 12.5. The highest BCUT2D eigenvalue weighted by Gasteiger charge is 2.41. The fraction of sp³-hybridized carbons (Fsp3) is 0.600. The summed E-state index contributed by atoms with van der Waals surface area (Å²) in [6, 6.07) is 5.35. The summed E-state index contributed by atoms with van der Waals surface area (Å²) in [4.78, 5) is 0.365. The van der Waals surface area contributed by atoms with E-state index >= 15 is 0 Å². The van der Waals surface area contributed by atoms with Crippen LogP contribution in [0.25, 0.3) is 0 Å². The minimum Gasteiger partial charge on any atom is -0.313 e. The zero-order chi connectivity index (χ0) is 14.8. The van der Waals surface area contributed by atoms with Crippen molar-refractivity contribution in [3.05, 3.63) is 29.3 Å². The highest BCUT2D eigenvalue weighted by Crippen LogP contribution is 2.36. The molecule has 0 amide bonds. The van der Waals surface area contributed by atoms with E-state index in [1.807, 2.05) is 19.9 Å². The summed E-state index contributed by atoms with van der Waals surface area (Å²) in [5.41, 5.74) is 1.93. The number of nitrogens with one attached hydrogen (secondary N) is 2. The van der Waals surface area contributed by atoms with Gasteiger partial charge in [0.25, 0.3) is 0 Å². The number of hydrogen-bond acceptors (Lipinski definition) is 3. The second-order valence-corrected chi connectivity index (χ2v) is 7.61. The van der Waals surface area contributed by atoms with Gasteiger partial charge in [-0.2, -0.15) is 0 Å². The summed E-state index contributed by atoms with van der Waals surface area (Å²) in [5.74, 6) is 0. The molecule has 0 bridgehead atoms. The van der Waals surface area contributed by atoms with Crippen molar-refractivity contribution in [2.75, 3.05) is 6.54 Å². The molecule has 20 heavy (non-hydrogen) atoms. The molecule has 0 spiro atoms. The Labute approximate surface area is 122 Å². The van der Waals surface area contributed by atoms with E-state index in [1.54, 1.807) is 12.1 Å². The molecule has 2 N–H and O–H groups in total. The molecule has 0 saturated heterocycles. The molecule has 1 fully saturated rings. The number of hydrogen-bond donors (Lipinski definition) is 2. The lowest BCUT2D eigenvalue weighted by atomic mass is 10.1. The highest BCUT2D eigenvalue weighted by atomic mass is 32.2. The molecule has 1 aliphatic carbocycles. The first-order valence-corrected chi connectivity index (χ1v) is 8.69. The Morgan fingerprint density at radius 2 is 2.00 bits per heavy atom. The van der Waals surface area contributed by atoms with Crippen LogP contribution < -0.4 is 10.0 Å². The minimum atomic E-state index is -3.40.